The minimum Gasteiger partial charge on any atom is -0.465 e. The molecule has 0 aliphatic carbocycles. The number of hydrogen-bond acceptors (Lipinski definition) is 9. The molecule has 3 atom stereocenters. The molecule has 9 nitrogen and oxygen atoms in total. The molecule has 1 saturated heterocycles. The van der Waals surface area contributed by atoms with Crippen LogP contribution in [0.1, 0.15) is 292 Å². The summed E-state index contributed by atoms with van der Waals surface area (Å²) in [5.74, 6) is 1.78. The van der Waals surface area contributed by atoms with Crippen LogP contribution >= 0.6 is 11.8 Å². The number of hydrogen-bond donors (Lipinski definition) is 0. The van der Waals surface area contributed by atoms with Gasteiger partial charge in [0.05, 0.1) is 13.2 Å². The van der Waals surface area contributed by atoms with Gasteiger partial charge in [-0.3, -0.25) is 19.2 Å². The quantitative estimate of drug-likeness (QED) is 0.0335. The van der Waals surface area contributed by atoms with Crippen molar-refractivity contribution in [1.82, 2.24) is 9.80 Å². The zero-order valence-electron chi connectivity index (χ0n) is 47.9. The Morgan fingerprint density at radius 2 is 0.887 bits per heavy atom. The molecule has 0 aromatic rings. The van der Waals surface area contributed by atoms with Crippen molar-refractivity contribution in [3.8, 4) is 0 Å². The molecule has 0 aromatic heterocycles. The van der Waals surface area contributed by atoms with Gasteiger partial charge in [-0.25, -0.2) is 0 Å². The third kappa shape index (κ3) is 38.4. The Kier molecular flexibility index (Phi) is 45.3. The van der Waals surface area contributed by atoms with Crippen molar-refractivity contribution in [2.24, 2.45) is 17.8 Å². The summed E-state index contributed by atoms with van der Waals surface area (Å²) in [4.78, 5) is 57.0. The molecule has 418 valence electrons. The summed E-state index contributed by atoms with van der Waals surface area (Å²) in [6.07, 6.45) is 41.9. The Bertz CT molecular complexity index is 1210. The summed E-state index contributed by atoms with van der Waals surface area (Å²) < 4.78 is 17.5. The zero-order chi connectivity index (χ0) is 52.0. The average Bonchev–Trinajstić information content (AvgIpc) is 3.37. The summed E-state index contributed by atoms with van der Waals surface area (Å²) in [7, 11) is 2.20. The van der Waals surface area contributed by atoms with Gasteiger partial charge in [0.1, 0.15) is 6.10 Å². The van der Waals surface area contributed by atoms with E-state index in [0.29, 0.717) is 56.0 Å². The van der Waals surface area contributed by atoms with Gasteiger partial charge >= 0.3 is 17.9 Å². The Balaban J connectivity index is 2.84. The molecule has 1 rings (SSSR count). The van der Waals surface area contributed by atoms with Gasteiger partial charge in [-0.15, -0.1) is 0 Å². The molecule has 0 N–H and O–H groups in total. The van der Waals surface area contributed by atoms with Crippen LogP contribution in [0.25, 0.3) is 0 Å². The number of ether oxygens (including phenoxy) is 3. The van der Waals surface area contributed by atoms with Gasteiger partial charge in [-0.1, -0.05) is 207 Å². The summed E-state index contributed by atoms with van der Waals surface area (Å²) in [6, 6.07) is 0.191. The highest BCUT2D eigenvalue weighted by molar-refractivity contribution is 8.13. The van der Waals surface area contributed by atoms with Crippen LogP contribution in [0.3, 0.4) is 0 Å². The fourth-order valence-corrected chi connectivity index (χ4v) is 11.2. The topological polar surface area (TPSA) is 102 Å². The van der Waals surface area contributed by atoms with Crippen LogP contribution in [0, 0.1) is 17.8 Å². The lowest BCUT2D eigenvalue weighted by Crippen LogP contribution is -2.44. The van der Waals surface area contributed by atoms with E-state index in [9.17, 15) is 19.2 Å². The molecule has 0 spiro atoms. The molecule has 71 heavy (non-hydrogen) atoms. The smallest absolute Gasteiger partial charge is 0.305 e. The first-order valence-corrected chi connectivity index (χ1v) is 31.7. The maximum Gasteiger partial charge on any atom is 0.305 e. The standard InChI is InChI=1S/C61H116N2O7S/c1-8-14-19-30-38-54(36-17-11-4)50-68-59(65)43-34-27-23-21-25-32-40-56(41-33-26-22-24-28-35-44-60(66)69-51-55(37-18-12-5)39-31-20-15-9-2)63(49-53-45-47-62(7)48-46-53)61(67)71-52-57(42-29-16-10-3)70-58(64)13-6/h53-57H,8-52H2,1-7H3. The molecule has 0 aromatic carbocycles. The van der Waals surface area contributed by atoms with Crippen molar-refractivity contribution in [2.45, 2.75) is 304 Å². The van der Waals surface area contributed by atoms with Gasteiger partial charge in [0.25, 0.3) is 5.24 Å². The largest absolute Gasteiger partial charge is 0.465 e. The second kappa shape index (κ2) is 47.9. The number of nitrogens with zero attached hydrogens (tertiary/aromatic N) is 2. The van der Waals surface area contributed by atoms with Crippen LogP contribution in [0.5, 0.6) is 0 Å². The van der Waals surface area contributed by atoms with Gasteiger partial charge in [-0.05, 0) is 115 Å². The van der Waals surface area contributed by atoms with Crippen LogP contribution in [-0.4, -0.2) is 90.7 Å². The maximum atomic E-state index is 14.5. The third-order valence-corrected chi connectivity index (χ3v) is 16.3. The van der Waals surface area contributed by atoms with Crippen molar-refractivity contribution in [1.29, 1.82) is 0 Å². The van der Waals surface area contributed by atoms with E-state index in [2.05, 4.69) is 51.5 Å². The number of thioether (sulfide) groups is 1. The van der Waals surface area contributed by atoms with Crippen molar-refractivity contribution in [3.05, 3.63) is 0 Å². The van der Waals surface area contributed by atoms with E-state index in [-0.39, 0.29) is 35.3 Å². The summed E-state index contributed by atoms with van der Waals surface area (Å²) in [5.41, 5.74) is 0. The van der Waals surface area contributed by atoms with Crippen LogP contribution in [0.4, 0.5) is 4.79 Å². The summed E-state index contributed by atoms with van der Waals surface area (Å²) >= 11 is 1.38. The molecule has 3 unspecified atom stereocenters. The number of piperidine rings is 1. The Morgan fingerprint density at radius 3 is 1.35 bits per heavy atom. The van der Waals surface area contributed by atoms with Gasteiger partial charge in [-0.2, -0.15) is 0 Å². The highest BCUT2D eigenvalue weighted by Crippen LogP contribution is 2.28. The highest BCUT2D eigenvalue weighted by atomic mass is 32.2. The first-order chi connectivity index (χ1) is 34.6. The van der Waals surface area contributed by atoms with Gasteiger partial charge in [0, 0.05) is 37.6 Å². The Morgan fingerprint density at radius 1 is 0.493 bits per heavy atom. The average molecular weight is 1020 g/mol. The van der Waals surface area contributed by atoms with Crippen LogP contribution in [-0.2, 0) is 28.6 Å². The lowest BCUT2D eigenvalue weighted by molar-refractivity contribution is -0.148. The SMILES string of the molecule is CCCCCCC(CCCC)COC(=O)CCCCCCCCC(CCCCCCCCC(=O)OCC(CCCC)CCCCCC)N(CC1CCN(C)CC1)C(=O)SCC(CCCCC)OC(=O)CC. The predicted octanol–water partition coefficient (Wildman–Crippen LogP) is 17.6. The summed E-state index contributed by atoms with van der Waals surface area (Å²) in [6.45, 7) is 17.1. The van der Waals surface area contributed by atoms with Gasteiger partial charge in [0.15, 0.2) is 0 Å². The first kappa shape index (κ1) is 67.2. The minimum atomic E-state index is -0.235. The van der Waals surface area contributed by atoms with Crippen molar-refractivity contribution in [2.75, 3.05) is 45.6 Å². The van der Waals surface area contributed by atoms with E-state index in [4.69, 9.17) is 14.2 Å². The number of likely N-dealkylation sites (tertiary alicyclic amines) is 1. The molecule has 1 heterocycles. The van der Waals surface area contributed by atoms with Crippen molar-refractivity contribution < 1.29 is 33.4 Å². The van der Waals surface area contributed by atoms with E-state index >= 15 is 0 Å². The molecule has 0 bridgehead atoms. The third-order valence-electron chi connectivity index (χ3n) is 15.2. The fraction of sp³-hybridized carbons (Fsp3) is 0.934. The number of amides is 1. The molecule has 1 fully saturated rings. The molecule has 1 aliphatic rings. The van der Waals surface area contributed by atoms with Crippen molar-refractivity contribution >= 4 is 34.9 Å². The van der Waals surface area contributed by atoms with Crippen molar-refractivity contribution in [3.63, 3.8) is 0 Å². The number of esters is 3. The van der Waals surface area contributed by atoms with Crippen LogP contribution < -0.4 is 0 Å². The van der Waals surface area contributed by atoms with E-state index in [0.717, 1.165) is 161 Å². The Labute approximate surface area is 443 Å². The molecule has 10 heteroatoms. The fourth-order valence-electron chi connectivity index (χ4n) is 10.3. The maximum absolute atomic E-state index is 14.5. The second-order valence-electron chi connectivity index (χ2n) is 22.0. The number of rotatable bonds is 49. The lowest BCUT2D eigenvalue weighted by Gasteiger charge is -2.37. The zero-order valence-corrected chi connectivity index (χ0v) is 48.7. The number of unbranched alkanes of at least 4 members (excludes halogenated alkanes) is 20. The van der Waals surface area contributed by atoms with Crippen LogP contribution in [0.15, 0.2) is 0 Å². The minimum absolute atomic E-state index is 0.0273. The highest BCUT2D eigenvalue weighted by Gasteiger charge is 2.29. The molecule has 1 amide bonds. The van der Waals surface area contributed by atoms with Gasteiger partial charge in [0.2, 0.25) is 0 Å². The van der Waals surface area contributed by atoms with E-state index < -0.39 is 0 Å². The molecule has 0 radical (unpaired) electrons. The molecule has 0 saturated carbocycles. The molecular formula is C61H116N2O7S. The van der Waals surface area contributed by atoms with E-state index in [1.807, 2.05) is 6.92 Å². The first-order valence-electron chi connectivity index (χ1n) is 30.7. The lowest BCUT2D eigenvalue weighted by atomic mass is 9.94. The monoisotopic (exact) mass is 1020 g/mol. The number of carbonyl (C=O) groups excluding carboxylic acids is 4. The normalized spacial score (nSPS) is 15.0. The second-order valence-corrected chi connectivity index (χ2v) is 23.0. The number of carbonyl (C=O) groups is 4. The Hall–Kier alpha value is -1.81. The summed E-state index contributed by atoms with van der Waals surface area (Å²) in [5, 5.41) is 0.155. The van der Waals surface area contributed by atoms with E-state index in [1.165, 1.54) is 102 Å². The van der Waals surface area contributed by atoms with E-state index in [1.54, 1.807) is 0 Å². The van der Waals surface area contributed by atoms with Crippen LogP contribution in [0.2, 0.25) is 0 Å². The van der Waals surface area contributed by atoms with Gasteiger partial charge < -0.3 is 24.0 Å². The predicted molar refractivity (Wildman–Crippen MR) is 302 cm³/mol. The molecular weight excluding hydrogens is 905 g/mol. The molecule has 1 aliphatic heterocycles.